The number of phenolic OH excluding ortho intramolecular Hbond substituents is 1. The van der Waals surface area contributed by atoms with Crippen molar-refractivity contribution in [3.63, 3.8) is 0 Å². The summed E-state index contributed by atoms with van der Waals surface area (Å²) in [6.07, 6.45) is 4.93. The lowest BCUT2D eigenvalue weighted by atomic mass is 9.93. The molecule has 1 saturated carbocycles. The predicted octanol–water partition coefficient (Wildman–Crippen LogP) is 2.77. The first kappa shape index (κ1) is 12.4. The number of halogens is 1. The Morgan fingerprint density at radius 1 is 1.24 bits per heavy atom. The third-order valence-electron chi connectivity index (χ3n) is 3.08. The van der Waals surface area contributed by atoms with E-state index < -0.39 is 0 Å². The highest BCUT2D eigenvalue weighted by Gasteiger charge is 2.17. The van der Waals surface area contributed by atoms with E-state index in [0.29, 0.717) is 10.6 Å². The zero-order valence-electron chi connectivity index (χ0n) is 9.51. The largest absolute Gasteiger partial charge is 0.507 e. The minimum Gasteiger partial charge on any atom is -0.507 e. The van der Waals surface area contributed by atoms with Gasteiger partial charge in [-0.1, -0.05) is 11.6 Å². The molecule has 0 aromatic heterocycles. The number of rotatable bonds is 2. The molecule has 1 aliphatic rings. The van der Waals surface area contributed by atoms with Gasteiger partial charge in [0.25, 0.3) is 0 Å². The van der Waals surface area contributed by atoms with Crippen molar-refractivity contribution in [3.8, 4) is 5.75 Å². The molecule has 0 atom stereocenters. The molecule has 0 spiro atoms. The molecule has 2 N–H and O–H groups in total. The summed E-state index contributed by atoms with van der Waals surface area (Å²) < 4.78 is 0. The van der Waals surface area contributed by atoms with Crippen LogP contribution in [0.15, 0.2) is 23.2 Å². The van der Waals surface area contributed by atoms with Gasteiger partial charge >= 0.3 is 0 Å². The van der Waals surface area contributed by atoms with Crippen LogP contribution in [0.4, 0.5) is 0 Å². The molecule has 0 aliphatic heterocycles. The summed E-state index contributed by atoms with van der Waals surface area (Å²) in [4.78, 5) is 4.44. The van der Waals surface area contributed by atoms with Crippen molar-refractivity contribution in [3.05, 3.63) is 28.8 Å². The van der Waals surface area contributed by atoms with Gasteiger partial charge in [0.2, 0.25) is 0 Å². The Bertz CT molecular complexity index is 412. The Labute approximate surface area is 106 Å². The third-order valence-corrected chi connectivity index (χ3v) is 3.32. The van der Waals surface area contributed by atoms with Crippen LogP contribution < -0.4 is 0 Å². The van der Waals surface area contributed by atoms with E-state index >= 15 is 0 Å². The molecular formula is C13H16ClNO2. The summed E-state index contributed by atoms with van der Waals surface area (Å²) in [6.45, 7) is 0. The maximum absolute atomic E-state index is 9.62. The highest BCUT2D eigenvalue weighted by molar-refractivity contribution is 6.30. The smallest absolute Gasteiger partial charge is 0.124 e. The highest BCUT2D eigenvalue weighted by Crippen LogP contribution is 2.23. The summed E-state index contributed by atoms with van der Waals surface area (Å²) >= 11 is 5.85. The number of benzene rings is 1. The molecule has 3 nitrogen and oxygen atoms in total. The van der Waals surface area contributed by atoms with Crippen LogP contribution in [0.25, 0.3) is 0 Å². The van der Waals surface area contributed by atoms with Crippen molar-refractivity contribution in [2.75, 3.05) is 0 Å². The number of aliphatic hydroxyl groups excluding tert-OH is 1. The first-order valence-corrected chi connectivity index (χ1v) is 6.22. The van der Waals surface area contributed by atoms with Gasteiger partial charge in [0.05, 0.1) is 12.1 Å². The molecule has 2 rings (SSSR count). The average molecular weight is 254 g/mol. The Kier molecular flexibility index (Phi) is 4.02. The van der Waals surface area contributed by atoms with Gasteiger partial charge in [-0.05, 0) is 43.9 Å². The lowest BCUT2D eigenvalue weighted by Gasteiger charge is -2.22. The Balaban J connectivity index is 2.02. The summed E-state index contributed by atoms with van der Waals surface area (Å²) in [5.74, 6) is 0.189. The fourth-order valence-electron chi connectivity index (χ4n) is 2.02. The number of aliphatic imine (C=N–C) groups is 1. The van der Waals surface area contributed by atoms with Crippen molar-refractivity contribution >= 4 is 17.8 Å². The molecule has 0 amide bonds. The van der Waals surface area contributed by atoms with E-state index in [2.05, 4.69) is 4.99 Å². The van der Waals surface area contributed by atoms with Crippen molar-refractivity contribution in [2.45, 2.75) is 37.8 Å². The molecule has 1 aromatic rings. The Hall–Kier alpha value is -1.06. The van der Waals surface area contributed by atoms with E-state index in [4.69, 9.17) is 11.6 Å². The molecule has 0 heterocycles. The van der Waals surface area contributed by atoms with Gasteiger partial charge in [0.15, 0.2) is 0 Å². The Morgan fingerprint density at radius 3 is 2.65 bits per heavy atom. The zero-order valence-corrected chi connectivity index (χ0v) is 10.3. The molecule has 1 aromatic carbocycles. The van der Waals surface area contributed by atoms with Crippen molar-refractivity contribution in [1.82, 2.24) is 0 Å². The van der Waals surface area contributed by atoms with Crippen LogP contribution in [0.3, 0.4) is 0 Å². The SMILES string of the molecule is Oc1ccc(Cl)cc1C=NC1CCC(O)CC1. The molecule has 1 fully saturated rings. The number of aromatic hydroxyl groups is 1. The second-order valence-corrected chi connectivity index (χ2v) is 4.88. The van der Waals surface area contributed by atoms with Crippen LogP contribution in [-0.4, -0.2) is 28.6 Å². The Morgan fingerprint density at radius 2 is 1.94 bits per heavy atom. The van der Waals surface area contributed by atoms with Crippen LogP contribution in [0.2, 0.25) is 5.02 Å². The zero-order chi connectivity index (χ0) is 12.3. The molecule has 4 heteroatoms. The summed E-state index contributed by atoms with van der Waals surface area (Å²) in [5.41, 5.74) is 0.642. The molecule has 0 radical (unpaired) electrons. The van der Waals surface area contributed by atoms with E-state index in [1.165, 1.54) is 0 Å². The number of nitrogens with zero attached hydrogens (tertiary/aromatic N) is 1. The number of hydrogen-bond acceptors (Lipinski definition) is 3. The van der Waals surface area contributed by atoms with E-state index in [1.54, 1.807) is 24.4 Å². The van der Waals surface area contributed by atoms with E-state index in [0.717, 1.165) is 25.7 Å². The minimum absolute atomic E-state index is 0.166. The van der Waals surface area contributed by atoms with E-state index in [1.807, 2.05) is 0 Å². The van der Waals surface area contributed by atoms with Crippen molar-refractivity contribution < 1.29 is 10.2 Å². The quantitative estimate of drug-likeness (QED) is 0.797. The van der Waals surface area contributed by atoms with Crippen molar-refractivity contribution in [1.29, 1.82) is 0 Å². The first-order chi connectivity index (χ1) is 8.15. The fourth-order valence-corrected chi connectivity index (χ4v) is 2.20. The lowest BCUT2D eigenvalue weighted by Crippen LogP contribution is -2.20. The number of aliphatic hydroxyl groups is 1. The maximum Gasteiger partial charge on any atom is 0.124 e. The average Bonchev–Trinajstić information content (AvgIpc) is 2.32. The van der Waals surface area contributed by atoms with Gasteiger partial charge in [0.1, 0.15) is 5.75 Å². The first-order valence-electron chi connectivity index (χ1n) is 5.85. The van der Waals surface area contributed by atoms with Gasteiger partial charge in [-0.25, -0.2) is 0 Å². The van der Waals surface area contributed by atoms with Crippen LogP contribution in [-0.2, 0) is 0 Å². The fraction of sp³-hybridized carbons (Fsp3) is 0.462. The van der Waals surface area contributed by atoms with Crippen LogP contribution in [0.1, 0.15) is 31.2 Å². The molecule has 0 bridgehead atoms. The number of hydrogen-bond donors (Lipinski definition) is 2. The second kappa shape index (κ2) is 5.52. The monoisotopic (exact) mass is 253 g/mol. The molecule has 92 valence electrons. The number of phenols is 1. The molecule has 17 heavy (non-hydrogen) atoms. The topological polar surface area (TPSA) is 52.8 Å². The van der Waals surface area contributed by atoms with E-state index in [-0.39, 0.29) is 17.9 Å². The summed E-state index contributed by atoms with van der Waals surface area (Å²) in [6, 6.07) is 5.15. The van der Waals surface area contributed by atoms with Crippen molar-refractivity contribution in [2.24, 2.45) is 4.99 Å². The maximum atomic E-state index is 9.62. The minimum atomic E-state index is -0.166. The predicted molar refractivity (Wildman–Crippen MR) is 69.0 cm³/mol. The van der Waals surface area contributed by atoms with Crippen LogP contribution in [0, 0.1) is 0 Å². The second-order valence-electron chi connectivity index (χ2n) is 4.44. The van der Waals surface area contributed by atoms with Gasteiger partial charge in [-0.2, -0.15) is 0 Å². The normalized spacial score (nSPS) is 25.3. The van der Waals surface area contributed by atoms with Crippen LogP contribution in [0.5, 0.6) is 5.75 Å². The standard InChI is InChI=1S/C13H16ClNO2/c14-10-1-6-13(17)9(7-10)8-15-11-2-4-12(16)5-3-11/h1,6-8,11-12,16-17H,2-5H2. The lowest BCUT2D eigenvalue weighted by molar-refractivity contribution is 0.123. The van der Waals surface area contributed by atoms with Gasteiger partial charge in [-0.3, -0.25) is 4.99 Å². The summed E-state index contributed by atoms with van der Waals surface area (Å²) in [5, 5.41) is 19.6. The van der Waals surface area contributed by atoms with Gasteiger partial charge in [-0.15, -0.1) is 0 Å². The summed E-state index contributed by atoms with van der Waals surface area (Å²) in [7, 11) is 0. The molecular weight excluding hydrogens is 238 g/mol. The van der Waals surface area contributed by atoms with E-state index in [9.17, 15) is 10.2 Å². The van der Waals surface area contributed by atoms with Gasteiger partial charge < -0.3 is 10.2 Å². The molecule has 0 saturated heterocycles. The van der Waals surface area contributed by atoms with Gasteiger partial charge in [0, 0.05) is 16.8 Å². The van der Waals surface area contributed by atoms with Crippen LogP contribution >= 0.6 is 11.6 Å². The highest BCUT2D eigenvalue weighted by atomic mass is 35.5. The molecule has 1 aliphatic carbocycles. The molecule has 0 unspecified atom stereocenters. The third kappa shape index (κ3) is 3.45.